The standard InChI is InChI=1S/C17H14N4O2S2/c18-16-15-4-2-1-3-12(15)11-21(16)13-5-7-14(8-6-13)25(22,23)20-17-19-9-10-24-17/h1-10,18H,11H2,(H,19,20). The average molecular weight is 370 g/mol. The molecule has 126 valence electrons. The van der Waals surface area contributed by atoms with Crippen LogP contribution in [0.25, 0.3) is 0 Å². The Morgan fingerprint density at radius 2 is 1.88 bits per heavy atom. The number of fused-ring (bicyclic) bond motifs is 1. The highest BCUT2D eigenvalue weighted by molar-refractivity contribution is 7.93. The van der Waals surface area contributed by atoms with Gasteiger partial charge in [0.15, 0.2) is 5.13 Å². The maximum absolute atomic E-state index is 12.4. The minimum atomic E-state index is -3.66. The molecule has 4 rings (SSSR count). The number of nitrogens with zero attached hydrogens (tertiary/aromatic N) is 2. The molecule has 1 aromatic heterocycles. The lowest BCUT2D eigenvalue weighted by molar-refractivity contribution is 0.601. The van der Waals surface area contributed by atoms with Gasteiger partial charge in [0.05, 0.1) is 11.4 Å². The Morgan fingerprint density at radius 1 is 1.12 bits per heavy atom. The van der Waals surface area contributed by atoms with Crippen LogP contribution in [-0.2, 0) is 16.6 Å². The van der Waals surface area contributed by atoms with Crippen LogP contribution in [-0.4, -0.2) is 19.2 Å². The van der Waals surface area contributed by atoms with E-state index in [1.54, 1.807) is 35.8 Å². The van der Waals surface area contributed by atoms with Gasteiger partial charge in [-0.05, 0) is 29.8 Å². The first kappa shape index (κ1) is 15.8. The van der Waals surface area contributed by atoms with Crippen LogP contribution in [0.5, 0.6) is 0 Å². The van der Waals surface area contributed by atoms with Crippen molar-refractivity contribution in [1.29, 1.82) is 5.41 Å². The van der Waals surface area contributed by atoms with E-state index in [1.807, 2.05) is 29.2 Å². The molecular weight excluding hydrogens is 356 g/mol. The number of rotatable bonds is 4. The molecule has 6 nitrogen and oxygen atoms in total. The molecule has 0 bridgehead atoms. The van der Waals surface area contributed by atoms with Crippen molar-refractivity contribution in [2.75, 3.05) is 9.62 Å². The van der Waals surface area contributed by atoms with E-state index in [0.717, 1.165) is 16.8 Å². The van der Waals surface area contributed by atoms with Gasteiger partial charge in [-0.25, -0.2) is 13.4 Å². The number of anilines is 2. The van der Waals surface area contributed by atoms with Gasteiger partial charge >= 0.3 is 0 Å². The minimum Gasteiger partial charge on any atom is -0.322 e. The Balaban J connectivity index is 1.58. The maximum atomic E-state index is 12.4. The van der Waals surface area contributed by atoms with Crippen LogP contribution in [0.15, 0.2) is 65.0 Å². The monoisotopic (exact) mass is 370 g/mol. The lowest BCUT2D eigenvalue weighted by Crippen LogP contribution is -2.23. The Labute approximate surface area is 149 Å². The van der Waals surface area contributed by atoms with Crippen molar-refractivity contribution >= 4 is 38.0 Å². The number of nitrogens with one attached hydrogen (secondary N) is 2. The fraction of sp³-hybridized carbons (Fsp3) is 0.0588. The maximum Gasteiger partial charge on any atom is 0.263 e. The molecule has 0 spiro atoms. The van der Waals surface area contributed by atoms with E-state index in [0.29, 0.717) is 17.5 Å². The zero-order chi connectivity index (χ0) is 17.4. The quantitative estimate of drug-likeness (QED) is 0.738. The van der Waals surface area contributed by atoms with Crippen LogP contribution in [0.2, 0.25) is 0 Å². The number of hydrogen-bond donors (Lipinski definition) is 2. The van der Waals surface area contributed by atoms with Crippen molar-refractivity contribution in [3.63, 3.8) is 0 Å². The van der Waals surface area contributed by atoms with Gasteiger partial charge in [-0.2, -0.15) is 0 Å². The number of hydrogen-bond acceptors (Lipinski definition) is 5. The molecule has 3 aromatic rings. The molecule has 2 heterocycles. The Kier molecular flexibility index (Phi) is 3.78. The largest absolute Gasteiger partial charge is 0.322 e. The summed E-state index contributed by atoms with van der Waals surface area (Å²) in [6, 6.07) is 14.3. The second-order valence-corrected chi connectivity index (χ2v) is 8.11. The van der Waals surface area contributed by atoms with Gasteiger partial charge in [0.25, 0.3) is 10.0 Å². The molecule has 2 aromatic carbocycles. The van der Waals surface area contributed by atoms with Crippen molar-refractivity contribution in [3.8, 4) is 0 Å². The van der Waals surface area contributed by atoms with Crippen molar-refractivity contribution in [3.05, 3.63) is 71.2 Å². The van der Waals surface area contributed by atoms with Crippen LogP contribution in [0.4, 0.5) is 10.8 Å². The summed E-state index contributed by atoms with van der Waals surface area (Å²) in [6.07, 6.45) is 1.54. The molecule has 1 aliphatic rings. The molecule has 0 amide bonds. The summed E-state index contributed by atoms with van der Waals surface area (Å²) in [6.45, 7) is 0.610. The van der Waals surface area contributed by atoms with E-state index in [1.165, 1.54) is 11.3 Å². The van der Waals surface area contributed by atoms with Crippen LogP contribution in [0.3, 0.4) is 0 Å². The Morgan fingerprint density at radius 3 is 2.56 bits per heavy atom. The van der Waals surface area contributed by atoms with Crippen molar-refractivity contribution < 1.29 is 8.42 Å². The van der Waals surface area contributed by atoms with E-state index >= 15 is 0 Å². The summed E-state index contributed by atoms with van der Waals surface area (Å²) >= 11 is 1.22. The SMILES string of the molecule is N=C1c2ccccc2CN1c1ccc(S(=O)(=O)Nc2nccs2)cc1. The number of benzene rings is 2. The number of aromatic nitrogens is 1. The first-order chi connectivity index (χ1) is 12.0. The molecule has 0 atom stereocenters. The van der Waals surface area contributed by atoms with E-state index < -0.39 is 10.0 Å². The molecule has 0 saturated carbocycles. The smallest absolute Gasteiger partial charge is 0.263 e. The lowest BCUT2D eigenvalue weighted by atomic mass is 10.1. The summed E-state index contributed by atoms with van der Waals surface area (Å²) < 4.78 is 27.2. The van der Waals surface area contributed by atoms with Gasteiger partial charge in [0, 0.05) is 22.8 Å². The Hall–Kier alpha value is -2.71. The lowest BCUT2D eigenvalue weighted by Gasteiger charge is -2.18. The fourth-order valence-corrected chi connectivity index (χ4v) is 4.55. The van der Waals surface area contributed by atoms with Crippen LogP contribution in [0.1, 0.15) is 11.1 Å². The molecular formula is C17H14N4O2S2. The molecule has 25 heavy (non-hydrogen) atoms. The summed E-state index contributed by atoms with van der Waals surface area (Å²) in [5.41, 5.74) is 2.79. The normalized spacial score (nSPS) is 13.8. The molecule has 0 saturated heterocycles. The molecule has 0 aliphatic carbocycles. The van der Waals surface area contributed by atoms with E-state index in [4.69, 9.17) is 5.41 Å². The number of thiazole rings is 1. The highest BCUT2D eigenvalue weighted by Crippen LogP contribution is 2.29. The zero-order valence-corrected chi connectivity index (χ0v) is 14.6. The predicted molar refractivity (Wildman–Crippen MR) is 98.8 cm³/mol. The van der Waals surface area contributed by atoms with E-state index in [2.05, 4.69) is 9.71 Å². The molecule has 0 fully saturated rings. The third kappa shape index (κ3) is 2.90. The molecule has 0 radical (unpaired) electrons. The number of amidine groups is 1. The van der Waals surface area contributed by atoms with Gasteiger partial charge < -0.3 is 4.90 Å². The second kappa shape index (κ2) is 5.98. The first-order valence-corrected chi connectivity index (χ1v) is 9.88. The molecule has 1 aliphatic heterocycles. The molecule has 0 unspecified atom stereocenters. The minimum absolute atomic E-state index is 0.162. The summed E-state index contributed by atoms with van der Waals surface area (Å²) in [5, 5.41) is 10.4. The number of sulfonamides is 1. The third-order valence-electron chi connectivity index (χ3n) is 3.98. The summed E-state index contributed by atoms with van der Waals surface area (Å²) in [7, 11) is -3.66. The van der Waals surface area contributed by atoms with Gasteiger partial charge in [-0.1, -0.05) is 24.3 Å². The summed E-state index contributed by atoms with van der Waals surface area (Å²) in [5.74, 6) is 0.423. The fourth-order valence-electron chi connectivity index (χ4n) is 2.76. The highest BCUT2D eigenvalue weighted by atomic mass is 32.2. The zero-order valence-electron chi connectivity index (χ0n) is 13.0. The average Bonchev–Trinajstić information content (AvgIpc) is 3.23. The van der Waals surface area contributed by atoms with Crippen molar-refractivity contribution in [2.24, 2.45) is 0 Å². The van der Waals surface area contributed by atoms with Crippen molar-refractivity contribution in [2.45, 2.75) is 11.4 Å². The van der Waals surface area contributed by atoms with Gasteiger partial charge in [0.2, 0.25) is 0 Å². The summed E-state index contributed by atoms with van der Waals surface area (Å²) in [4.78, 5) is 5.95. The van der Waals surface area contributed by atoms with E-state index in [9.17, 15) is 8.42 Å². The van der Waals surface area contributed by atoms with Crippen LogP contribution >= 0.6 is 11.3 Å². The Bertz CT molecular complexity index is 1030. The van der Waals surface area contributed by atoms with Gasteiger partial charge in [-0.15, -0.1) is 11.3 Å². The van der Waals surface area contributed by atoms with Crippen LogP contribution in [0, 0.1) is 5.41 Å². The second-order valence-electron chi connectivity index (χ2n) is 5.53. The van der Waals surface area contributed by atoms with Crippen LogP contribution < -0.4 is 9.62 Å². The van der Waals surface area contributed by atoms with Crippen molar-refractivity contribution in [1.82, 2.24) is 4.98 Å². The topological polar surface area (TPSA) is 86.2 Å². The third-order valence-corrected chi connectivity index (χ3v) is 6.16. The molecule has 2 N–H and O–H groups in total. The highest BCUT2D eigenvalue weighted by Gasteiger charge is 2.25. The van der Waals surface area contributed by atoms with Gasteiger partial charge in [-0.3, -0.25) is 10.1 Å². The molecule has 8 heteroatoms. The first-order valence-electron chi connectivity index (χ1n) is 7.51. The predicted octanol–water partition coefficient (Wildman–Crippen LogP) is 3.29. The van der Waals surface area contributed by atoms with E-state index in [-0.39, 0.29) is 4.90 Å². The van der Waals surface area contributed by atoms with Gasteiger partial charge in [0.1, 0.15) is 5.84 Å².